The molecule has 4 nitrogen and oxygen atoms in total. The lowest BCUT2D eigenvalue weighted by Crippen LogP contribution is -2.23. The van der Waals surface area contributed by atoms with E-state index in [0.29, 0.717) is 0 Å². The number of unbranched alkanes of at least 4 members (excludes halogenated alkanes) is 1. The maximum absolute atomic E-state index is 9.00. The van der Waals surface area contributed by atoms with Gasteiger partial charge in [-0.25, -0.2) is 4.98 Å². The van der Waals surface area contributed by atoms with Crippen molar-refractivity contribution in [3.8, 4) is 0 Å². The molecule has 1 rings (SSSR count). The van der Waals surface area contributed by atoms with Gasteiger partial charge in [0.05, 0.1) is 0 Å². The fourth-order valence-electron chi connectivity index (χ4n) is 1.46. The second-order valence-corrected chi connectivity index (χ2v) is 5.01. The molecule has 17 heavy (non-hydrogen) atoms. The first kappa shape index (κ1) is 15.7. The fourth-order valence-corrected chi connectivity index (χ4v) is 1.46. The SMILES string of the molecule is CC(=O)O.CCCCc1nccn1C(C)(C)C. The van der Waals surface area contributed by atoms with Crippen LogP contribution >= 0.6 is 0 Å². The van der Waals surface area contributed by atoms with Gasteiger partial charge in [0.2, 0.25) is 0 Å². The molecule has 0 atom stereocenters. The molecule has 0 aliphatic rings. The third kappa shape index (κ3) is 6.76. The zero-order valence-electron chi connectivity index (χ0n) is 11.5. The van der Waals surface area contributed by atoms with Crippen LogP contribution in [-0.2, 0) is 16.8 Å². The van der Waals surface area contributed by atoms with E-state index in [9.17, 15) is 0 Å². The van der Waals surface area contributed by atoms with Crippen LogP contribution in [0.5, 0.6) is 0 Å². The minimum Gasteiger partial charge on any atom is -0.481 e. The Bertz CT molecular complexity index is 333. The van der Waals surface area contributed by atoms with Crippen LogP contribution in [0.25, 0.3) is 0 Å². The number of nitrogens with zero attached hydrogens (tertiary/aromatic N) is 2. The Labute approximate surface area is 104 Å². The number of aryl methyl sites for hydroxylation is 1. The van der Waals surface area contributed by atoms with Crippen LogP contribution in [0.1, 0.15) is 53.3 Å². The van der Waals surface area contributed by atoms with E-state index in [0.717, 1.165) is 13.3 Å². The first-order valence-corrected chi connectivity index (χ1v) is 6.01. The lowest BCUT2D eigenvalue weighted by atomic mass is 10.1. The molecule has 0 unspecified atom stereocenters. The summed E-state index contributed by atoms with van der Waals surface area (Å²) in [7, 11) is 0. The molecule has 4 heteroatoms. The Kier molecular flexibility index (Phi) is 6.54. The van der Waals surface area contributed by atoms with Crippen LogP contribution in [0.2, 0.25) is 0 Å². The molecule has 1 aromatic heterocycles. The van der Waals surface area contributed by atoms with Crippen molar-refractivity contribution in [1.82, 2.24) is 9.55 Å². The van der Waals surface area contributed by atoms with Crippen molar-refractivity contribution in [2.45, 2.75) is 59.4 Å². The molecule has 0 saturated heterocycles. The number of carbonyl (C=O) groups is 1. The van der Waals surface area contributed by atoms with Crippen LogP contribution in [0.4, 0.5) is 0 Å². The van der Waals surface area contributed by atoms with Crippen LogP contribution in [0.3, 0.4) is 0 Å². The van der Waals surface area contributed by atoms with Gasteiger partial charge in [-0.15, -0.1) is 0 Å². The summed E-state index contributed by atoms with van der Waals surface area (Å²) in [6.45, 7) is 9.93. The molecule has 0 fully saturated rings. The average Bonchev–Trinajstić information content (AvgIpc) is 2.60. The summed E-state index contributed by atoms with van der Waals surface area (Å²) >= 11 is 0. The smallest absolute Gasteiger partial charge is 0.300 e. The highest BCUT2D eigenvalue weighted by Crippen LogP contribution is 2.16. The number of carboxylic acids is 1. The van der Waals surface area contributed by atoms with Crippen molar-refractivity contribution in [3.63, 3.8) is 0 Å². The predicted octanol–water partition coefficient (Wildman–Crippen LogP) is 3.07. The van der Waals surface area contributed by atoms with Gasteiger partial charge < -0.3 is 9.67 Å². The molecule has 0 aliphatic heterocycles. The van der Waals surface area contributed by atoms with Gasteiger partial charge in [-0.2, -0.15) is 0 Å². The van der Waals surface area contributed by atoms with Crippen LogP contribution in [0, 0.1) is 0 Å². The maximum atomic E-state index is 9.00. The summed E-state index contributed by atoms with van der Waals surface area (Å²) in [6.07, 6.45) is 7.53. The van der Waals surface area contributed by atoms with Crippen molar-refractivity contribution in [2.75, 3.05) is 0 Å². The zero-order valence-corrected chi connectivity index (χ0v) is 11.5. The summed E-state index contributed by atoms with van der Waals surface area (Å²) < 4.78 is 2.27. The molecule has 1 aromatic rings. The molecule has 0 saturated carbocycles. The first-order chi connectivity index (χ1) is 7.79. The Balaban J connectivity index is 0.000000557. The molecule has 1 heterocycles. The Morgan fingerprint density at radius 1 is 1.47 bits per heavy atom. The number of aromatic nitrogens is 2. The van der Waals surface area contributed by atoms with Gasteiger partial charge in [0.25, 0.3) is 5.97 Å². The molecule has 0 bridgehead atoms. The Morgan fingerprint density at radius 3 is 2.41 bits per heavy atom. The highest BCUT2D eigenvalue weighted by Gasteiger charge is 2.15. The second kappa shape index (κ2) is 7.09. The van der Waals surface area contributed by atoms with E-state index < -0.39 is 5.97 Å². The normalized spacial score (nSPS) is 10.6. The third-order valence-electron chi connectivity index (χ3n) is 2.19. The van der Waals surface area contributed by atoms with Crippen LogP contribution < -0.4 is 0 Å². The monoisotopic (exact) mass is 240 g/mol. The molecule has 0 radical (unpaired) electrons. The molecule has 0 amide bonds. The predicted molar refractivity (Wildman–Crippen MR) is 69.1 cm³/mol. The lowest BCUT2D eigenvalue weighted by molar-refractivity contribution is -0.134. The van der Waals surface area contributed by atoms with Gasteiger partial charge in [-0.3, -0.25) is 4.79 Å². The van der Waals surface area contributed by atoms with Gasteiger partial charge in [0.15, 0.2) is 0 Å². The quantitative estimate of drug-likeness (QED) is 0.883. The second-order valence-electron chi connectivity index (χ2n) is 5.01. The highest BCUT2D eigenvalue weighted by molar-refractivity contribution is 5.62. The van der Waals surface area contributed by atoms with E-state index in [-0.39, 0.29) is 5.54 Å². The Morgan fingerprint density at radius 2 is 2.00 bits per heavy atom. The van der Waals surface area contributed by atoms with E-state index in [1.807, 2.05) is 6.20 Å². The third-order valence-corrected chi connectivity index (χ3v) is 2.19. The zero-order chi connectivity index (χ0) is 13.5. The minimum atomic E-state index is -0.833. The van der Waals surface area contributed by atoms with Gasteiger partial charge in [-0.05, 0) is 27.2 Å². The average molecular weight is 240 g/mol. The van der Waals surface area contributed by atoms with Crippen molar-refractivity contribution in [3.05, 3.63) is 18.2 Å². The van der Waals surface area contributed by atoms with E-state index in [2.05, 4.69) is 43.4 Å². The largest absolute Gasteiger partial charge is 0.481 e. The molecule has 0 aliphatic carbocycles. The van der Waals surface area contributed by atoms with Gasteiger partial charge in [-0.1, -0.05) is 13.3 Å². The molecular weight excluding hydrogens is 216 g/mol. The summed E-state index contributed by atoms with van der Waals surface area (Å²) in [6, 6.07) is 0. The van der Waals surface area contributed by atoms with E-state index in [1.165, 1.54) is 18.7 Å². The van der Waals surface area contributed by atoms with Crippen LogP contribution in [-0.4, -0.2) is 20.6 Å². The van der Waals surface area contributed by atoms with Gasteiger partial charge >= 0.3 is 0 Å². The topological polar surface area (TPSA) is 55.1 Å². The number of imidazole rings is 1. The van der Waals surface area contributed by atoms with Gasteiger partial charge in [0.1, 0.15) is 5.82 Å². The number of aliphatic carboxylic acids is 1. The molecule has 1 N–H and O–H groups in total. The van der Waals surface area contributed by atoms with Crippen molar-refractivity contribution >= 4 is 5.97 Å². The van der Waals surface area contributed by atoms with Crippen molar-refractivity contribution in [2.24, 2.45) is 0 Å². The first-order valence-electron chi connectivity index (χ1n) is 6.01. The van der Waals surface area contributed by atoms with E-state index >= 15 is 0 Å². The standard InChI is InChI=1S/C11H20N2.C2H4O2/c1-5-6-7-10-12-8-9-13(10)11(2,3)4;1-2(3)4/h8-9H,5-7H2,1-4H3;1H3,(H,3,4). The minimum absolute atomic E-state index is 0.166. The molecule has 98 valence electrons. The van der Waals surface area contributed by atoms with Crippen LogP contribution in [0.15, 0.2) is 12.4 Å². The van der Waals surface area contributed by atoms with Crippen molar-refractivity contribution in [1.29, 1.82) is 0 Å². The number of rotatable bonds is 3. The maximum Gasteiger partial charge on any atom is 0.300 e. The summed E-state index contributed by atoms with van der Waals surface area (Å²) in [5.41, 5.74) is 0.166. The lowest BCUT2D eigenvalue weighted by Gasteiger charge is -2.23. The fraction of sp³-hybridized carbons (Fsp3) is 0.692. The summed E-state index contributed by atoms with van der Waals surface area (Å²) in [4.78, 5) is 13.4. The van der Waals surface area contributed by atoms with Crippen molar-refractivity contribution < 1.29 is 9.90 Å². The Hall–Kier alpha value is -1.32. The number of hydrogen-bond donors (Lipinski definition) is 1. The number of hydrogen-bond acceptors (Lipinski definition) is 2. The number of carboxylic acid groups (broad SMARTS) is 1. The molecule has 0 aromatic carbocycles. The summed E-state index contributed by atoms with van der Waals surface area (Å²) in [5, 5.41) is 7.42. The molecule has 0 spiro atoms. The van der Waals surface area contributed by atoms with E-state index in [4.69, 9.17) is 9.90 Å². The van der Waals surface area contributed by atoms with E-state index in [1.54, 1.807) is 0 Å². The highest BCUT2D eigenvalue weighted by atomic mass is 16.4. The van der Waals surface area contributed by atoms with Gasteiger partial charge in [0, 0.05) is 31.3 Å². The summed E-state index contributed by atoms with van der Waals surface area (Å²) in [5.74, 6) is 0.384. The molecular formula is C13H24N2O2.